The molecule has 2 amide bonds. The molecule has 0 saturated carbocycles. The number of amides is 2. The van der Waals surface area contributed by atoms with Crippen molar-refractivity contribution >= 4 is 11.8 Å². The number of nitrogens with one attached hydrogen (secondary N) is 1. The molecule has 1 N–H and O–H groups in total. The molecular formula is C25H26FN3O3. The van der Waals surface area contributed by atoms with Crippen molar-refractivity contribution in [2.45, 2.75) is 31.6 Å². The molecule has 1 fully saturated rings. The van der Waals surface area contributed by atoms with Crippen LogP contribution in [0.4, 0.5) is 4.39 Å². The van der Waals surface area contributed by atoms with Gasteiger partial charge in [0.1, 0.15) is 5.82 Å². The van der Waals surface area contributed by atoms with Gasteiger partial charge in [-0.2, -0.15) is 0 Å². The van der Waals surface area contributed by atoms with Crippen LogP contribution in [0.25, 0.3) is 0 Å². The van der Waals surface area contributed by atoms with Crippen LogP contribution in [-0.2, 0) is 0 Å². The fourth-order valence-electron chi connectivity index (χ4n) is 4.00. The van der Waals surface area contributed by atoms with Crippen molar-refractivity contribution < 1.29 is 18.5 Å². The highest BCUT2D eigenvalue weighted by atomic mass is 19.1. The molecule has 1 atom stereocenters. The van der Waals surface area contributed by atoms with Crippen LogP contribution in [-0.4, -0.2) is 41.5 Å². The molecule has 32 heavy (non-hydrogen) atoms. The predicted molar refractivity (Wildman–Crippen MR) is 118 cm³/mol. The van der Waals surface area contributed by atoms with E-state index in [0.29, 0.717) is 38.2 Å². The average molecular weight is 435 g/mol. The minimum atomic E-state index is -0.506. The zero-order valence-corrected chi connectivity index (χ0v) is 18.0. The number of hydrogen-bond acceptors (Lipinski definition) is 4. The van der Waals surface area contributed by atoms with Crippen molar-refractivity contribution in [1.82, 2.24) is 15.4 Å². The van der Waals surface area contributed by atoms with Crippen molar-refractivity contribution in [2.75, 3.05) is 19.6 Å². The molecule has 0 radical (unpaired) electrons. The lowest BCUT2D eigenvalue weighted by Gasteiger charge is -2.31. The molecule has 6 nitrogen and oxygen atoms in total. The Bertz CT molecular complexity index is 1070. The minimum Gasteiger partial charge on any atom is -0.351 e. The zero-order valence-electron chi connectivity index (χ0n) is 18.0. The van der Waals surface area contributed by atoms with E-state index in [9.17, 15) is 14.0 Å². The summed E-state index contributed by atoms with van der Waals surface area (Å²) in [6.45, 7) is 3.55. The summed E-state index contributed by atoms with van der Waals surface area (Å²) in [5.41, 5.74) is 1.96. The van der Waals surface area contributed by atoms with Gasteiger partial charge >= 0.3 is 0 Å². The summed E-state index contributed by atoms with van der Waals surface area (Å²) in [6, 6.07) is 17.7. The van der Waals surface area contributed by atoms with Gasteiger partial charge in [0, 0.05) is 31.6 Å². The van der Waals surface area contributed by atoms with Crippen LogP contribution in [0.15, 0.2) is 65.2 Å². The Kier molecular flexibility index (Phi) is 6.63. The van der Waals surface area contributed by atoms with Crippen LogP contribution >= 0.6 is 0 Å². The second kappa shape index (κ2) is 9.77. The van der Waals surface area contributed by atoms with Crippen LogP contribution < -0.4 is 5.32 Å². The maximum absolute atomic E-state index is 13.9. The molecule has 0 spiro atoms. The van der Waals surface area contributed by atoms with E-state index in [4.69, 9.17) is 4.52 Å². The summed E-state index contributed by atoms with van der Waals surface area (Å²) in [6.07, 6.45) is 1.36. The van der Waals surface area contributed by atoms with Gasteiger partial charge in [0.15, 0.2) is 0 Å². The lowest BCUT2D eigenvalue weighted by atomic mass is 9.93. The fraction of sp³-hybridized carbons (Fsp3) is 0.320. The van der Waals surface area contributed by atoms with Gasteiger partial charge in [-0.05, 0) is 36.5 Å². The van der Waals surface area contributed by atoms with Crippen molar-refractivity contribution in [2.24, 2.45) is 0 Å². The van der Waals surface area contributed by atoms with E-state index in [0.717, 1.165) is 5.56 Å². The normalized spacial score (nSPS) is 15.4. The number of rotatable bonds is 6. The first-order valence-corrected chi connectivity index (χ1v) is 10.9. The maximum Gasteiger partial charge on any atom is 0.289 e. The highest BCUT2D eigenvalue weighted by Crippen LogP contribution is 2.28. The highest BCUT2D eigenvalue weighted by Gasteiger charge is 2.28. The highest BCUT2D eigenvalue weighted by molar-refractivity contribution is 5.94. The first-order chi connectivity index (χ1) is 15.5. The van der Waals surface area contributed by atoms with E-state index in [1.807, 2.05) is 30.3 Å². The number of carbonyl (C=O) groups excluding carboxylic acids is 2. The largest absolute Gasteiger partial charge is 0.351 e. The van der Waals surface area contributed by atoms with Gasteiger partial charge in [-0.15, -0.1) is 0 Å². The van der Waals surface area contributed by atoms with Gasteiger partial charge < -0.3 is 14.7 Å². The Labute approximate surface area is 186 Å². The number of benzene rings is 2. The van der Waals surface area contributed by atoms with E-state index in [2.05, 4.69) is 17.4 Å². The maximum atomic E-state index is 13.9. The van der Waals surface area contributed by atoms with Gasteiger partial charge in [-0.3, -0.25) is 9.59 Å². The summed E-state index contributed by atoms with van der Waals surface area (Å²) >= 11 is 0. The number of carbonyl (C=O) groups is 2. The van der Waals surface area contributed by atoms with Gasteiger partial charge in [-0.1, -0.05) is 54.5 Å². The molecule has 166 valence electrons. The lowest BCUT2D eigenvalue weighted by Crippen LogP contribution is -2.38. The Morgan fingerprint density at radius 2 is 1.81 bits per heavy atom. The topological polar surface area (TPSA) is 75.4 Å². The molecule has 0 aliphatic carbocycles. The second-order valence-electron chi connectivity index (χ2n) is 8.18. The predicted octanol–water partition coefficient (Wildman–Crippen LogP) is 4.37. The quantitative estimate of drug-likeness (QED) is 0.624. The van der Waals surface area contributed by atoms with Gasteiger partial charge in [-0.25, -0.2) is 4.39 Å². The Hall–Kier alpha value is -3.48. The number of likely N-dealkylation sites (tertiary alicyclic amines) is 1. The van der Waals surface area contributed by atoms with E-state index >= 15 is 0 Å². The summed E-state index contributed by atoms with van der Waals surface area (Å²) in [4.78, 5) is 26.7. The monoisotopic (exact) mass is 435 g/mol. The van der Waals surface area contributed by atoms with Gasteiger partial charge in [0.25, 0.3) is 11.8 Å². The first kappa shape index (κ1) is 21.7. The molecule has 3 aromatic rings. The van der Waals surface area contributed by atoms with Crippen LogP contribution in [0.1, 0.15) is 63.8 Å². The van der Waals surface area contributed by atoms with Crippen molar-refractivity contribution in [3.05, 3.63) is 89.1 Å². The lowest BCUT2D eigenvalue weighted by molar-refractivity contribution is 0.0706. The molecule has 2 heterocycles. The molecule has 0 bridgehead atoms. The first-order valence-electron chi connectivity index (χ1n) is 10.9. The molecule has 1 aliphatic heterocycles. The number of piperidine rings is 1. The molecule has 0 unspecified atom stereocenters. The van der Waals surface area contributed by atoms with Crippen LogP contribution in [0.2, 0.25) is 0 Å². The molecule has 4 rings (SSSR count). The molecule has 1 aromatic heterocycles. The van der Waals surface area contributed by atoms with Crippen molar-refractivity contribution in [1.29, 1.82) is 0 Å². The molecular weight excluding hydrogens is 409 g/mol. The van der Waals surface area contributed by atoms with Gasteiger partial charge in [0.2, 0.25) is 5.76 Å². The average Bonchev–Trinajstić information content (AvgIpc) is 3.33. The third kappa shape index (κ3) is 4.88. The smallest absolute Gasteiger partial charge is 0.289 e. The SMILES string of the molecule is C[C@@H](CNC(=O)c1cc(C2CCN(C(=O)c3ccccc3F)CC2)no1)c1ccccc1. The van der Waals surface area contributed by atoms with Crippen LogP contribution in [0.3, 0.4) is 0 Å². The second-order valence-corrected chi connectivity index (χ2v) is 8.18. The van der Waals surface area contributed by atoms with E-state index in [1.54, 1.807) is 23.1 Å². The number of hydrogen-bond donors (Lipinski definition) is 1. The van der Waals surface area contributed by atoms with Crippen molar-refractivity contribution in [3.63, 3.8) is 0 Å². The summed E-state index contributed by atoms with van der Waals surface area (Å²) in [7, 11) is 0. The zero-order chi connectivity index (χ0) is 22.5. The third-order valence-corrected chi connectivity index (χ3v) is 5.99. The van der Waals surface area contributed by atoms with E-state index in [-0.39, 0.29) is 35.0 Å². The summed E-state index contributed by atoms with van der Waals surface area (Å²) < 4.78 is 19.2. The van der Waals surface area contributed by atoms with Gasteiger partial charge in [0.05, 0.1) is 11.3 Å². The summed E-state index contributed by atoms with van der Waals surface area (Å²) in [5, 5.41) is 6.99. The van der Waals surface area contributed by atoms with E-state index in [1.165, 1.54) is 12.1 Å². The number of aromatic nitrogens is 1. The Morgan fingerprint density at radius 3 is 2.53 bits per heavy atom. The Morgan fingerprint density at radius 1 is 1.12 bits per heavy atom. The van der Waals surface area contributed by atoms with Crippen LogP contribution in [0.5, 0.6) is 0 Å². The number of nitrogens with zero attached hydrogens (tertiary/aromatic N) is 2. The molecule has 1 aliphatic rings. The molecule has 1 saturated heterocycles. The summed E-state index contributed by atoms with van der Waals surface area (Å²) in [5.74, 6) is -0.640. The fourth-order valence-corrected chi connectivity index (χ4v) is 4.00. The van der Waals surface area contributed by atoms with Crippen molar-refractivity contribution in [3.8, 4) is 0 Å². The minimum absolute atomic E-state index is 0.0909. The number of halogens is 1. The molecule has 7 heteroatoms. The third-order valence-electron chi connectivity index (χ3n) is 5.99. The van der Waals surface area contributed by atoms with E-state index < -0.39 is 5.82 Å². The van der Waals surface area contributed by atoms with Crippen LogP contribution in [0, 0.1) is 5.82 Å². The molecule has 2 aromatic carbocycles. The standard InChI is InChI=1S/C25H26FN3O3/c1-17(18-7-3-2-4-8-18)16-27-24(30)23-15-22(28-32-23)19-11-13-29(14-12-19)25(31)20-9-5-6-10-21(20)26/h2-10,15,17,19H,11-14,16H2,1H3,(H,27,30)/t17-/m0/s1. The Balaban J connectivity index is 1.30.